The van der Waals surface area contributed by atoms with Crippen LogP contribution in [0.15, 0.2) is 46.4 Å². The number of hydrogen-bond donors (Lipinski definition) is 1. The highest BCUT2D eigenvalue weighted by atomic mass is 16.4. The van der Waals surface area contributed by atoms with E-state index in [1.54, 1.807) is 29.2 Å². The lowest BCUT2D eigenvalue weighted by molar-refractivity contribution is -0.122. The third-order valence-electron chi connectivity index (χ3n) is 4.04. The predicted octanol–water partition coefficient (Wildman–Crippen LogP) is 2.57. The Balaban J connectivity index is 1.95. The van der Waals surface area contributed by atoms with Gasteiger partial charge < -0.3 is 9.32 Å². The number of aryl methyl sites for hydroxylation is 1. The second-order valence-electron chi connectivity index (χ2n) is 6.05. The SMILES string of the molecule is CCc1ccc(N2C(=O)NC(=O)/C(=C/c3ccc(N(C)C)o3)C2=O)cc1. The second kappa shape index (κ2) is 6.87. The van der Waals surface area contributed by atoms with Crippen molar-refractivity contribution in [1.29, 1.82) is 0 Å². The molecule has 1 aromatic carbocycles. The fourth-order valence-electron chi connectivity index (χ4n) is 2.58. The van der Waals surface area contributed by atoms with Crippen molar-refractivity contribution in [3.8, 4) is 0 Å². The highest BCUT2D eigenvalue weighted by Crippen LogP contribution is 2.24. The lowest BCUT2D eigenvalue weighted by Crippen LogP contribution is -2.54. The van der Waals surface area contributed by atoms with Crippen LogP contribution in [-0.4, -0.2) is 31.9 Å². The van der Waals surface area contributed by atoms with Gasteiger partial charge in [0.2, 0.25) is 0 Å². The average molecular weight is 353 g/mol. The first-order valence-electron chi connectivity index (χ1n) is 8.18. The molecule has 2 aromatic rings. The monoisotopic (exact) mass is 353 g/mol. The van der Waals surface area contributed by atoms with E-state index in [0.717, 1.165) is 16.9 Å². The summed E-state index contributed by atoms with van der Waals surface area (Å²) >= 11 is 0. The number of carbonyl (C=O) groups excluding carboxylic acids is 3. The van der Waals surface area contributed by atoms with E-state index in [9.17, 15) is 14.4 Å². The standard InChI is InChI=1S/C19H19N3O4/c1-4-12-5-7-13(8-6-12)22-18(24)15(17(23)20-19(22)25)11-14-9-10-16(26-14)21(2)3/h5-11H,4H2,1-3H3,(H,20,23,25)/b15-11-. The van der Waals surface area contributed by atoms with Crippen LogP contribution in [0.25, 0.3) is 6.08 Å². The minimum absolute atomic E-state index is 0.163. The number of urea groups is 1. The van der Waals surface area contributed by atoms with Gasteiger partial charge in [0.15, 0.2) is 5.88 Å². The van der Waals surface area contributed by atoms with Crippen LogP contribution in [0, 0.1) is 0 Å². The summed E-state index contributed by atoms with van der Waals surface area (Å²) in [6, 6.07) is 9.65. The van der Waals surface area contributed by atoms with Crippen LogP contribution in [0.5, 0.6) is 0 Å². The van der Waals surface area contributed by atoms with Gasteiger partial charge in [-0.2, -0.15) is 0 Å². The largest absolute Gasteiger partial charge is 0.441 e. The maximum Gasteiger partial charge on any atom is 0.335 e. The molecule has 0 unspecified atom stereocenters. The van der Waals surface area contributed by atoms with E-state index in [1.807, 2.05) is 33.2 Å². The molecule has 1 fully saturated rings. The summed E-state index contributed by atoms with van der Waals surface area (Å²) in [6.07, 6.45) is 2.18. The van der Waals surface area contributed by atoms with E-state index in [1.165, 1.54) is 6.08 Å². The topological polar surface area (TPSA) is 82.9 Å². The summed E-state index contributed by atoms with van der Waals surface area (Å²) in [5.74, 6) is -0.499. The number of amides is 4. The van der Waals surface area contributed by atoms with E-state index >= 15 is 0 Å². The molecular weight excluding hydrogens is 334 g/mol. The summed E-state index contributed by atoms with van der Waals surface area (Å²) in [5, 5.41) is 2.19. The number of anilines is 2. The molecule has 26 heavy (non-hydrogen) atoms. The van der Waals surface area contributed by atoms with Crippen LogP contribution in [0.2, 0.25) is 0 Å². The van der Waals surface area contributed by atoms with Gasteiger partial charge >= 0.3 is 6.03 Å². The van der Waals surface area contributed by atoms with Gasteiger partial charge in [0.25, 0.3) is 11.8 Å². The van der Waals surface area contributed by atoms with Crippen molar-refractivity contribution < 1.29 is 18.8 Å². The predicted molar refractivity (Wildman–Crippen MR) is 97.9 cm³/mol. The van der Waals surface area contributed by atoms with Crippen molar-refractivity contribution in [3.05, 3.63) is 53.3 Å². The number of hydrogen-bond acceptors (Lipinski definition) is 5. The van der Waals surface area contributed by atoms with E-state index < -0.39 is 17.8 Å². The van der Waals surface area contributed by atoms with Crippen molar-refractivity contribution in [3.63, 3.8) is 0 Å². The van der Waals surface area contributed by atoms with Gasteiger partial charge in [0.05, 0.1) is 5.69 Å². The molecule has 0 atom stereocenters. The van der Waals surface area contributed by atoms with E-state index in [0.29, 0.717) is 17.3 Å². The number of nitrogens with zero attached hydrogens (tertiary/aromatic N) is 2. The van der Waals surface area contributed by atoms with Crippen LogP contribution in [0.3, 0.4) is 0 Å². The molecule has 2 heterocycles. The van der Waals surface area contributed by atoms with Crippen molar-refractivity contribution in [2.45, 2.75) is 13.3 Å². The smallest absolute Gasteiger partial charge is 0.335 e. The Bertz CT molecular complexity index is 894. The number of nitrogens with one attached hydrogen (secondary N) is 1. The lowest BCUT2D eigenvalue weighted by Gasteiger charge is -2.26. The van der Waals surface area contributed by atoms with Crippen molar-refractivity contribution >= 4 is 35.5 Å². The Morgan fingerprint density at radius 2 is 1.77 bits per heavy atom. The Hall–Kier alpha value is -3.35. The normalized spacial score (nSPS) is 16.2. The molecule has 1 N–H and O–H groups in total. The highest BCUT2D eigenvalue weighted by molar-refractivity contribution is 6.39. The molecule has 0 bridgehead atoms. The molecule has 0 radical (unpaired) electrons. The molecule has 7 heteroatoms. The van der Waals surface area contributed by atoms with Gasteiger partial charge in [0.1, 0.15) is 11.3 Å². The van der Waals surface area contributed by atoms with E-state index in [-0.39, 0.29) is 5.57 Å². The molecule has 7 nitrogen and oxygen atoms in total. The molecule has 0 aliphatic carbocycles. The number of rotatable bonds is 4. The van der Waals surface area contributed by atoms with Gasteiger partial charge in [-0.1, -0.05) is 19.1 Å². The molecule has 1 saturated heterocycles. The Labute approximate surface area is 150 Å². The van der Waals surface area contributed by atoms with Gasteiger partial charge in [-0.15, -0.1) is 0 Å². The molecule has 0 spiro atoms. The van der Waals surface area contributed by atoms with E-state index in [4.69, 9.17) is 4.42 Å². The minimum atomic E-state index is -0.769. The third kappa shape index (κ3) is 3.23. The molecule has 4 amide bonds. The zero-order valence-corrected chi connectivity index (χ0v) is 14.8. The van der Waals surface area contributed by atoms with Crippen LogP contribution in [0.4, 0.5) is 16.4 Å². The quantitative estimate of drug-likeness (QED) is 0.675. The molecular formula is C19H19N3O4. The average Bonchev–Trinajstić information content (AvgIpc) is 3.08. The fourth-order valence-corrected chi connectivity index (χ4v) is 2.58. The summed E-state index contributed by atoms with van der Waals surface area (Å²) in [4.78, 5) is 39.8. The number of benzene rings is 1. The van der Waals surface area contributed by atoms with Crippen LogP contribution >= 0.6 is 0 Å². The zero-order chi connectivity index (χ0) is 18.8. The zero-order valence-electron chi connectivity index (χ0n) is 14.8. The van der Waals surface area contributed by atoms with E-state index in [2.05, 4.69) is 5.32 Å². The van der Waals surface area contributed by atoms with Gasteiger partial charge in [0, 0.05) is 20.2 Å². The fraction of sp³-hybridized carbons (Fsp3) is 0.211. The van der Waals surface area contributed by atoms with Crippen LogP contribution < -0.4 is 15.1 Å². The second-order valence-corrected chi connectivity index (χ2v) is 6.05. The summed E-state index contributed by atoms with van der Waals surface area (Å²) < 4.78 is 5.56. The van der Waals surface area contributed by atoms with Gasteiger partial charge in [-0.05, 0) is 36.3 Å². The summed E-state index contributed by atoms with van der Waals surface area (Å²) in [6.45, 7) is 2.01. The van der Waals surface area contributed by atoms with Crippen LogP contribution in [0.1, 0.15) is 18.2 Å². The maximum atomic E-state index is 12.8. The first-order valence-corrected chi connectivity index (χ1v) is 8.18. The van der Waals surface area contributed by atoms with Crippen LogP contribution in [-0.2, 0) is 16.0 Å². The van der Waals surface area contributed by atoms with Crippen molar-refractivity contribution in [2.75, 3.05) is 23.9 Å². The first kappa shape index (κ1) is 17.5. The molecule has 1 aliphatic heterocycles. The number of carbonyl (C=O) groups is 3. The van der Waals surface area contributed by atoms with Gasteiger partial charge in [-0.25, -0.2) is 9.69 Å². The molecule has 134 valence electrons. The third-order valence-corrected chi connectivity index (χ3v) is 4.04. The molecule has 3 rings (SSSR count). The Kier molecular flexibility index (Phi) is 4.62. The van der Waals surface area contributed by atoms with Crippen molar-refractivity contribution in [1.82, 2.24) is 5.32 Å². The number of barbiturate groups is 1. The van der Waals surface area contributed by atoms with Crippen molar-refractivity contribution in [2.24, 2.45) is 0 Å². The lowest BCUT2D eigenvalue weighted by atomic mass is 10.1. The summed E-state index contributed by atoms with van der Waals surface area (Å²) in [7, 11) is 3.63. The number of imide groups is 2. The molecule has 0 saturated carbocycles. The molecule has 1 aromatic heterocycles. The van der Waals surface area contributed by atoms with Gasteiger partial charge in [-0.3, -0.25) is 14.9 Å². The summed E-state index contributed by atoms with van der Waals surface area (Å²) in [5.41, 5.74) is 1.32. The Morgan fingerprint density at radius 3 is 2.35 bits per heavy atom. The number of furan rings is 1. The minimum Gasteiger partial charge on any atom is -0.441 e. The highest BCUT2D eigenvalue weighted by Gasteiger charge is 2.37. The first-order chi connectivity index (χ1) is 12.4. The molecule has 1 aliphatic rings. The Morgan fingerprint density at radius 1 is 1.08 bits per heavy atom. The maximum absolute atomic E-state index is 12.8.